The van der Waals surface area contributed by atoms with Gasteiger partial charge < -0.3 is 10.4 Å². The summed E-state index contributed by atoms with van der Waals surface area (Å²) < 4.78 is 0. The highest BCUT2D eigenvalue weighted by atomic mass is 16.3. The molecule has 0 radical (unpaired) electrons. The summed E-state index contributed by atoms with van der Waals surface area (Å²) in [5.74, 6) is 0.567. The SMILES string of the molecule is N#Cc1ccc(C(=O)NCC2CCCCC2CO)cc1. The van der Waals surface area contributed by atoms with Gasteiger partial charge in [-0.2, -0.15) is 5.26 Å². The number of rotatable bonds is 4. The van der Waals surface area contributed by atoms with Crippen molar-refractivity contribution >= 4 is 5.91 Å². The Balaban J connectivity index is 1.89. The molecular formula is C16H20N2O2. The van der Waals surface area contributed by atoms with Gasteiger partial charge in [-0.15, -0.1) is 0 Å². The van der Waals surface area contributed by atoms with Crippen molar-refractivity contribution < 1.29 is 9.90 Å². The molecule has 0 bridgehead atoms. The van der Waals surface area contributed by atoms with E-state index in [4.69, 9.17) is 5.26 Å². The highest BCUT2D eigenvalue weighted by Gasteiger charge is 2.24. The molecule has 1 aliphatic carbocycles. The van der Waals surface area contributed by atoms with E-state index in [1.54, 1.807) is 24.3 Å². The second-order valence-electron chi connectivity index (χ2n) is 5.39. The van der Waals surface area contributed by atoms with Crippen LogP contribution in [-0.4, -0.2) is 24.2 Å². The molecule has 0 aromatic heterocycles. The van der Waals surface area contributed by atoms with Crippen LogP contribution in [0.15, 0.2) is 24.3 Å². The van der Waals surface area contributed by atoms with E-state index in [1.165, 1.54) is 12.8 Å². The maximum atomic E-state index is 12.0. The molecule has 1 amide bonds. The van der Waals surface area contributed by atoms with Gasteiger partial charge in [0.05, 0.1) is 11.6 Å². The molecule has 4 heteroatoms. The Bertz CT molecular complexity index is 490. The third-order valence-corrected chi connectivity index (χ3v) is 4.10. The molecule has 1 fully saturated rings. The van der Waals surface area contributed by atoms with Gasteiger partial charge >= 0.3 is 0 Å². The van der Waals surface area contributed by atoms with E-state index in [-0.39, 0.29) is 12.5 Å². The molecule has 106 valence electrons. The predicted molar refractivity (Wildman–Crippen MR) is 76.0 cm³/mol. The minimum atomic E-state index is -0.114. The average molecular weight is 272 g/mol. The number of aliphatic hydroxyl groups excluding tert-OH is 1. The first-order chi connectivity index (χ1) is 9.74. The van der Waals surface area contributed by atoms with Gasteiger partial charge in [0.15, 0.2) is 0 Å². The van der Waals surface area contributed by atoms with Crippen LogP contribution in [0.5, 0.6) is 0 Å². The summed E-state index contributed by atoms with van der Waals surface area (Å²) in [6.45, 7) is 0.821. The Kier molecular flexibility index (Phi) is 5.14. The number of hydrogen-bond acceptors (Lipinski definition) is 3. The van der Waals surface area contributed by atoms with E-state index in [0.29, 0.717) is 29.5 Å². The van der Waals surface area contributed by atoms with Gasteiger partial charge in [-0.3, -0.25) is 4.79 Å². The van der Waals surface area contributed by atoms with E-state index in [9.17, 15) is 9.90 Å². The van der Waals surface area contributed by atoms with Crippen molar-refractivity contribution in [1.29, 1.82) is 5.26 Å². The molecule has 4 nitrogen and oxygen atoms in total. The van der Waals surface area contributed by atoms with Crippen LogP contribution in [0.2, 0.25) is 0 Å². The first kappa shape index (κ1) is 14.5. The number of nitrogens with one attached hydrogen (secondary N) is 1. The quantitative estimate of drug-likeness (QED) is 0.881. The second kappa shape index (κ2) is 7.06. The molecule has 0 heterocycles. The lowest BCUT2D eigenvalue weighted by atomic mass is 9.79. The summed E-state index contributed by atoms with van der Waals surface area (Å²) in [5.41, 5.74) is 1.12. The number of hydrogen-bond donors (Lipinski definition) is 2. The zero-order valence-electron chi connectivity index (χ0n) is 11.5. The number of benzene rings is 1. The number of nitrogens with zero attached hydrogens (tertiary/aromatic N) is 1. The summed E-state index contributed by atoms with van der Waals surface area (Å²) in [4.78, 5) is 12.0. The Labute approximate surface area is 119 Å². The highest BCUT2D eigenvalue weighted by molar-refractivity contribution is 5.94. The topological polar surface area (TPSA) is 73.1 Å². The summed E-state index contributed by atoms with van der Waals surface area (Å²) >= 11 is 0. The second-order valence-corrected chi connectivity index (χ2v) is 5.39. The maximum absolute atomic E-state index is 12.0. The van der Waals surface area contributed by atoms with E-state index < -0.39 is 0 Å². The lowest BCUT2D eigenvalue weighted by Crippen LogP contribution is -2.35. The number of carbonyl (C=O) groups excluding carboxylic acids is 1. The fourth-order valence-electron chi connectivity index (χ4n) is 2.82. The van der Waals surface area contributed by atoms with Gasteiger partial charge in [0, 0.05) is 18.7 Å². The standard InChI is InChI=1S/C16H20N2O2/c17-9-12-5-7-13(8-6-12)16(20)18-10-14-3-1-2-4-15(14)11-19/h5-8,14-15,19H,1-4,10-11H2,(H,18,20). The molecule has 0 aliphatic heterocycles. The number of amides is 1. The number of aliphatic hydroxyl groups is 1. The molecule has 20 heavy (non-hydrogen) atoms. The zero-order chi connectivity index (χ0) is 14.4. The van der Waals surface area contributed by atoms with Crippen molar-refractivity contribution in [2.24, 2.45) is 11.8 Å². The average Bonchev–Trinajstić information content (AvgIpc) is 2.53. The monoisotopic (exact) mass is 272 g/mol. The van der Waals surface area contributed by atoms with Crippen LogP contribution >= 0.6 is 0 Å². The van der Waals surface area contributed by atoms with Crippen LogP contribution in [0.4, 0.5) is 0 Å². The number of carbonyl (C=O) groups is 1. The molecule has 2 atom stereocenters. The van der Waals surface area contributed by atoms with Gasteiger partial charge in [0.25, 0.3) is 5.91 Å². The summed E-state index contributed by atoms with van der Waals surface area (Å²) in [6, 6.07) is 8.65. The minimum absolute atomic E-state index is 0.114. The van der Waals surface area contributed by atoms with Gasteiger partial charge in [0.1, 0.15) is 0 Å². The first-order valence-electron chi connectivity index (χ1n) is 7.14. The van der Waals surface area contributed by atoms with E-state index in [0.717, 1.165) is 12.8 Å². The molecule has 2 rings (SSSR count). The molecule has 1 aliphatic rings. The predicted octanol–water partition coefficient (Wildman–Crippen LogP) is 2.09. The minimum Gasteiger partial charge on any atom is -0.396 e. The lowest BCUT2D eigenvalue weighted by molar-refractivity contribution is 0.0909. The third-order valence-electron chi connectivity index (χ3n) is 4.10. The lowest BCUT2D eigenvalue weighted by Gasteiger charge is -2.30. The zero-order valence-corrected chi connectivity index (χ0v) is 11.5. The molecule has 1 aromatic carbocycles. The van der Waals surface area contributed by atoms with Crippen LogP contribution in [0.3, 0.4) is 0 Å². The van der Waals surface area contributed by atoms with E-state index in [2.05, 4.69) is 5.32 Å². The van der Waals surface area contributed by atoms with Gasteiger partial charge in [-0.1, -0.05) is 12.8 Å². The molecular weight excluding hydrogens is 252 g/mol. The van der Waals surface area contributed by atoms with Crippen LogP contribution in [0.1, 0.15) is 41.6 Å². The van der Waals surface area contributed by atoms with Gasteiger partial charge in [0.2, 0.25) is 0 Å². The van der Waals surface area contributed by atoms with Crippen molar-refractivity contribution in [2.45, 2.75) is 25.7 Å². The smallest absolute Gasteiger partial charge is 0.251 e. The molecule has 0 saturated heterocycles. The Morgan fingerprint density at radius 2 is 1.90 bits per heavy atom. The van der Waals surface area contributed by atoms with Crippen molar-refractivity contribution in [3.05, 3.63) is 35.4 Å². The fourth-order valence-corrected chi connectivity index (χ4v) is 2.82. The highest BCUT2D eigenvalue weighted by Crippen LogP contribution is 2.29. The first-order valence-corrected chi connectivity index (χ1v) is 7.14. The van der Waals surface area contributed by atoms with Gasteiger partial charge in [-0.25, -0.2) is 0 Å². The Morgan fingerprint density at radius 1 is 1.25 bits per heavy atom. The molecule has 1 saturated carbocycles. The van der Waals surface area contributed by atoms with Crippen LogP contribution < -0.4 is 5.32 Å². The largest absolute Gasteiger partial charge is 0.396 e. The van der Waals surface area contributed by atoms with Crippen molar-refractivity contribution in [2.75, 3.05) is 13.2 Å². The van der Waals surface area contributed by atoms with Gasteiger partial charge in [-0.05, 0) is 48.9 Å². The summed E-state index contributed by atoms with van der Waals surface area (Å²) in [6.07, 6.45) is 4.46. The normalized spacial score (nSPS) is 22.0. The maximum Gasteiger partial charge on any atom is 0.251 e. The van der Waals surface area contributed by atoms with Crippen LogP contribution in [0.25, 0.3) is 0 Å². The Morgan fingerprint density at radius 3 is 2.50 bits per heavy atom. The van der Waals surface area contributed by atoms with Crippen molar-refractivity contribution in [3.63, 3.8) is 0 Å². The summed E-state index contributed by atoms with van der Waals surface area (Å²) in [5, 5.41) is 21.0. The molecule has 0 spiro atoms. The van der Waals surface area contributed by atoms with E-state index >= 15 is 0 Å². The third kappa shape index (κ3) is 3.58. The number of nitriles is 1. The van der Waals surface area contributed by atoms with Crippen LogP contribution in [-0.2, 0) is 0 Å². The van der Waals surface area contributed by atoms with Crippen molar-refractivity contribution in [3.8, 4) is 6.07 Å². The molecule has 2 unspecified atom stereocenters. The van der Waals surface area contributed by atoms with E-state index in [1.807, 2.05) is 6.07 Å². The van der Waals surface area contributed by atoms with Crippen LogP contribution in [0, 0.1) is 23.2 Å². The fraction of sp³-hybridized carbons (Fsp3) is 0.500. The molecule has 1 aromatic rings. The molecule has 2 N–H and O–H groups in total. The summed E-state index contributed by atoms with van der Waals surface area (Å²) in [7, 11) is 0. The Hall–Kier alpha value is -1.86. The van der Waals surface area contributed by atoms with Crippen molar-refractivity contribution in [1.82, 2.24) is 5.32 Å².